The van der Waals surface area contributed by atoms with Gasteiger partial charge in [-0.25, -0.2) is 0 Å². The average Bonchev–Trinajstić information content (AvgIpc) is 3.31. The van der Waals surface area contributed by atoms with Gasteiger partial charge in [0, 0.05) is 12.8 Å². The van der Waals surface area contributed by atoms with Crippen molar-refractivity contribution < 1.29 is 24.5 Å². The van der Waals surface area contributed by atoms with E-state index < -0.39 is 18.2 Å². The van der Waals surface area contributed by atoms with Gasteiger partial charge < -0.3 is 20.3 Å². The summed E-state index contributed by atoms with van der Waals surface area (Å²) in [6.45, 7) is 6.36. The zero-order valence-corrected chi connectivity index (χ0v) is 43.6. The number of carbonyl (C=O) groups is 2. The Labute approximate surface area is 409 Å². The van der Waals surface area contributed by atoms with Crippen LogP contribution in [0.4, 0.5) is 0 Å². The highest BCUT2D eigenvalue weighted by molar-refractivity contribution is 5.77. The minimum Gasteiger partial charge on any atom is -0.461 e. The Morgan fingerprint density at radius 3 is 1.27 bits per heavy atom. The van der Waals surface area contributed by atoms with Gasteiger partial charge in [0.15, 0.2) is 0 Å². The first kappa shape index (κ1) is 63.3. The van der Waals surface area contributed by atoms with Crippen LogP contribution in [0.1, 0.15) is 271 Å². The predicted octanol–water partition coefficient (Wildman–Crippen LogP) is 17.3. The monoisotopic (exact) mass is 922 g/mol. The lowest BCUT2D eigenvalue weighted by molar-refractivity contribution is -0.150. The summed E-state index contributed by atoms with van der Waals surface area (Å²) in [5.41, 5.74) is 0. The van der Waals surface area contributed by atoms with Crippen LogP contribution in [0.3, 0.4) is 0 Å². The van der Waals surface area contributed by atoms with Gasteiger partial charge in [0.05, 0.1) is 25.2 Å². The molecule has 0 radical (unpaired) electrons. The number of amides is 1. The van der Waals surface area contributed by atoms with Crippen LogP contribution in [0.2, 0.25) is 0 Å². The molecule has 0 saturated carbocycles. The molecule has 0 aromatic carbocycles. The second-order valence-electron chi connectivity index (χ2n) is 19.0. The Bertz CT molecular complexity index is 1220. The smallest absolute Gasteiger partial charge is 0.306 e. The number of rotatable bonds is 50. The second-order valence-corrected chi connectivity index (χ2v) is 19.0. The first-order chi connectivity index (χ1) is 32.5. The predicted molar refractivity (Wildman–Crippen MR) is 287 cm³/mol. The Morgan fingerprint density at radius 1 is 0.470 bits per heavy atom. The number of esters is 1. The highest BCUT2D eigenvalue weighted by atomic mass is 16.5. The molecule has 6 nitrogen and oxygen atoms in total. The van der Waals surface area contributed by atoms with Crippen molar-refractivity contribution >= 4 is 11.9 Å². The second kappa shape index (κ2) is 53.3. The van der Waals surface area contributed by atoms with E-state index in [1.807, 2.05) is 6.08 Å². The minimum atomic E-state index is -0.816. The van der Waals surface area contributed by atoms with Crippen LogP contribution < -0.4 is 5.32 Å². The minimum absolute atomic E-state index is 0.00519. The largest absolute Gasteiger partial charge is 0.461 e. The normalized spacial score (nSPS) is 13.7. The molecule has 3 N–H and O–H groups in total. The maximum absolute atomic E-state index is 13.2. The zero-order valence-electron chi connectivity index (χ0n) is 43.6. The number of unbranched alkanes of at least 4 members (excludes halogenated alkanes) is 27. The third-order valence-corrected chi connectivity index (χ3v) is 12.5. The van der Waals surface area contributed by atoms with Crippen molar-refractivity contribution in [3.8, 4) is 0 Å². The molecule has 0 aliphatic heterocycles. The van der Waals surface area contributed by atoms with E-state index in [1.54, 1.807) is 0 Å². The van der Waals surface area contributed by atoms with Crippen molar-refractivity contribution in [2.24, 2.45) is 0 Å². The summed E-state index contributed by atoms with van der Waals surface area (Å²) >= 11 is 0. The van der Waals surface area contributed by atoms with Crippen LogP contribution in [-0.2, 0) is 14.3 Å². The summed E-state index contributed by atoms with van der Waals surface area (Å²) in [4.78, 5) is 26.2. The van der Waals surface area contributed by atoms with Crippen molar-refractivity contribution in [2.45, 2.75) is 289 Å². The molecule has 0 spiro atoms. The lowest BCUT2D eigenvalue weighted by atomic mass is 10.0. The fourth-order valence-corrected chi connectivity index (χ4v) is 8.27. The van der Waals surface area contributed by atoms with Gasteiger partial charge in [-0.15, -0.1) is 0 Å². The Morgan fingerprint density at radius 2 is 0.848 bits per heavy atom. The van der Waals surface area contributed by atoms with Crippen molar-refractivity contribution in [1.29, 1.82) is 0 Å². The first-order valence-corrected chi connectivity index (χ1v) is 28.2. The summed E-state index contributed by atoms with van der Waals surface area (Å²) in [6.07, 6.45) is 68.4. The summed E-state index contributed by atoms with van der Waals surface area (Å²) in [6, 6.07) is -0.736. The molecule has 0 rings (SSSR count). The van der Waals surface area contributed by atoms with Gasteiger partial charge in [0.25, 0.3) is 0 Å². The van der Waals surface area contributed by atoms with Crippen LogP contribution in [0.15, 0.2) is 72.9 Å². The molecule has 0 saturated heterocycles. The van der Waals surface area contributed by atoms with E-state index in [4.69, 9.17) is 4.74 Å². The molecule has 382 valence electrons. The lowest BCUT2D eigenvalue weighted by Gasteiger charge is -2.24. The van der Waals surface area contributed by atoms with Crippen LogP contribution in [0.5, 0.6) is 0 Å². The Kier molecular flexibility index (Phi) is 51.1. The van der Waals surface area contributed by atoms with E-state index in [-0.39, 0.29) is 24.9 Å². The first-order valence-electron chi connectivity index (χ1n) is 28.2. The van der Waals surface area contributed by atoms with Crippen molar-refractivity contribution in [2.75, 3.05) is 6.61 Å². The number of aliphatic hydroxyl groups is 2. The van der Waals surface area contributed by atoms with Crippen LogP contribution >= 0.6 is 0 Å². The molecule has 0 fully saturated rings. The fraction of sp³-hybridized carbons (Fsp3) is 0.767. The molecule has 3 atom stereocenters. The molecule has 66 heavy (non-hydrogen) atoms. The van der Waals surface area contributed by atoms with Crippen LogP contribution in [0.25, 0.3) is 0 Å². The van der Waals surface area contributed by atoms with Gasteiger partial charge in [-0.3, -0.25) is 9.59 Å². The standard InChI is InChI=1S/C60H107NO5/c1-4-7-10-13-16-19-22-25-28-29-30-32-35-38-41-44-47-50-53-60(65)66-56(51-48-45-42-39-36-33-31-26-23-20-17-14-11-8-5-2)54-59(64)61-57(55-62)58(63)52-49-46-43-40-37-34-27-24-21-18-15-12-9-6-3/h8,11,17,20,26,30-32,36,39,45,48,56-58,62-63H,4-7,9-10,12-16,18-19,21-25,27-29,33-35,37-38,40-44,46-47,49-55H2,1-3H3,(H,61,64)/b11-8-,20-17-,31-26-,32-30+,39-36-,48-45-. The number of ether oxygens (including phenoxy) is 1. The molecule has 3 unspecified atom stereocenters. The number of carbonyl (C=O) groups excluding carboxylic acids is 2. The number of allylic oxidation sites excluding steroid dienone is 11. The molecule has 0 aromatic heterocycles. The SMILES string of the molecule is CC/C=C\C/C=C\C/C=C\C/C=C\C/C=C\CC(CC(=O)NC(CO)C(O)CCCCCCCCCCCCCCCC)OC(=O)CCCCCCC/C=C/CCCCCCCCCCC. The molecular weight excluding hydrogens is 815 g/mol. The molecule has 0 aliphatic rings. The summed E-state index contributed by atoms with van der Waals surface area (Å²) in [7, 11) is 0. The maximum Gasteiger partial charge on any atom is 0.306 e. The van der Waals surface area contributed by atoms with Crippen LogP contribution in [0, 0.1) is 0 Å². The number of aliphatic hydroxyl groups excluding tert-OH is 2. The van der Waals surface area contributed by atoms with E-state index >= 15 is 0 Å². The molecule has 0 aromatic rings. The molecule has 0 aliphatic carbocycles. The fourth-order valence-electron chi connectivity index (χ4n) is 8.27. The average molecular weight is 923 g/mol. The Hall–Kier alpha value is -2.70. The summed E-state index contributed by atoms with van der Waals surface area (Å²) in [5.74, 6) is -0.586. The van der Waals surface area contributed by atoms with E-state index in [1.165, 1.54) is 148 Å². The number of nitrogens with one attached hydrogen (secondary N) is 1. The van der Waals surface area contributed by atoms with Crippen LogP contribution in [-0.4, -0.2) is 46.9 Å². The van der Waals surface area contributed by atoms with Crippen molar-refractivity contribution in [1.82, 2.24) is 5.32 Å². The summed E-state index contributed by atoms with van der Waals surface area (Å²) < 4.78 is 5.88. The molecule has 0 heterocycles. The van der Waals surface area contributed by atoms with E-state index in [0.29, 0.717) is 19.3 Å². The van der Waals surface area contributed by atoms with E-state index in [2.05, 4.69) is 92.9 Å². The number of hydrogen-bond donors (Lipinski definition) is 3. The zero-order chi connectivity index (χ0) is 48.1. The van der Waals surface area contributed by atoms with Gasteiger partial charge in [0.2, 0.25) is 5.91 Å². The van der Waals surface area contributed by atoms with Gasteiger partial charge in [-0.05, 0) is 70.6 Å². The maximum atomic E-state index is 13.2. The van der Waals surface area contributed by atoms with E-state index in [0.717, 1.165) is 77.0 Å². The highest BCUT2D eigenvalue weighted by Gasteiger charge is 2.23. The topological polar surface area (TPSA) is 95.9 Å². The van der Waals surface area contributed by atoms with Gasteiger partial charge in [0.1, 0.15) is 6.10 Å². The quantitative estimate of drug-likeness (QED) is 0.0321. The van der Waals surface area contributed by atoms with Crippen molar-refractivity contribution in [3.63, 3.8) is 0 Å². The van der Waals surface area contributed by atoms with Gasteiger partial charge in [-0.1, -0.05) is 254 Å². The van der Waals surface area contributed by atoms with Crippen molar-refractivity contribution in [3.05, 3.63) is 72.9 Å². The summed E-state index contributed by atoms with van der Waals surface area (Å²) in [5, 5.41) is 23.8. The molecule has 6 heteroatoms. The molecule has 1 amide bonds. The third-order valence-electron chi connectivity index (χ3n) is 12.5. The lowest BCUT2D eigenvalue weighted by Crippen LogP contribution is -2.46. The molecular formula is C60H107NO5. The highest BCUT2D eigenvalue weighted by Crippen LogP contribution is 2.17. The Balaban J connectivity index is 4.67. The van der Waals surface area contributed by atoms with Gasteiger partial charge >= 0.3 is 5.97 Å². The van der Waals surface area contributed by atoms with Gasteiger partial charge in [-0.2, -0.15) is 0 Å². The number of hydrogen-bond acceptors (Lipinski definition) is 5. The van der Waals surface area contributed by atoms with E-state index in [9.17, 15) is 19.8 Å². The third kappa shape index (κ3) is 47.8. The molecule has 0 bridgehead atoms.